The van der Waals surface area contributed by atoms with Gasteiger partial charge in [-0.25, -0.2) is 4.79 Å². The quantitative estimate of drug-likeness (QED) is 0.695. The van der Waals surface area contributed by atoms with Crippen molar-refractivity contribution in [3.63, 3.8) is 0 Å². The van der Waals surface area contributed by atoms with Crippen LogP contribution >= 0.6 is 0 Å². The van der Waals surface area contributed by atoms with Crippen LogP contribution in [0.5, 0.6) is 0 Å². The van der Waals surface area contributed by atoms with Gasteiger partial charge >= 0.3 is 12.0 Å². The van der Waals surface area contributed by atoms with Gasteiger partial charge in [-0.15, -0.1) is 0 Å². The maximum Gasteiger partial charge on any atom is 0.317 e. The van der Waals surface area contributed by atoms with Gasteiger partial charge in [-0.3, -0.25) is 9.69 Å². The topological polar surface area (TPSA) is 81.7 Å². The number of amides is 2. The molecular weight excluding hydrogens is 330 g/mol. The van der Waals surface area contributed by atoms with Crippen molar-refractivity contribution in [1.29, 1.82) is 0 Å². The molecule has 0 heterocycles. The number of rotatable bonds is 7. The zero-order valence-corrected chi connectivity index (χ0v) is 15.1. The Kier molecular flexibility index (Phi) is 4.61. The summed E-state index contributed by atoms with van der Waals surface area (Å²) in [7, 11) is 0. The third kappa shape index (κ3) is 3.30. The number of likely N-dealkylation sites (N-methyl/N-ethyl adjacent to an activating group) is 1. The van der Waals surface area contributed by atoms with E-state index < -0.39 is 5.97 Å². The highest BCUT2D eigenvalue weighted by molar-refractivity contribution is 5.74. The summed E-state index contributed by atoms with van der Waals surface area (Å²) < 4.78 is 0. The molecule has 140 valence electrons. The van der Waals surface area contributed by atoms with E-state index in [1.165, 1.54) is 11.1 Å². The van der Waals surface area contributed by atoms with E-state index in [4.69, 9.17) is 5.11 Å². The Morgan fingerprint density at radius 1 is 1.27 bits per heavy atom. The lowest BCUT2D eigenvalue weighted by molar-refractivity contribution is -0.139. The number of nitrogens with zero attached hydrogens (tertiary/aromatic N) is 1. The van der Waals surface area contributed by atoms with Crippen molar-refractivity contribution in [2.75, 3.05) is 19.6 Å². The van der Waals surface area contributed by atoms with Crippen LogP contribution < -0.4 is 10.6 Å². The van der Waals surface area contributed by atoms with E-state index in [0.29, 0.717) is 17.8 Å². The number of carbonyl (C=O) groups excluding carboxylic acids is 1. The van der Waals surface area contributed by atoms with Crippen LogP contribution in [0.4, 0.5) is 4.79 Å². The van der Waals surface area contributed by atoms with Gasteiger partial charge in [0.05, 0.1) is 6.54 Å². The molecule has 1 aromatic rings. The molecule has 26 heavy (non-hydrogen) atoms. The molecular formula is C20H27N3O3. The predicted octanol–water partition coefficient (Wildman–Crippen LogP) is 1.81. The summed E-state index contributed by atoms with van der Waals surface area (Å²) in [6.45, 7) is 3.51. The third-order valence-corrected chi connectivity index (χ3v) is 6.41. The molecule has 6 nitrogen and oxygen atoms in total. The van der Waals surface area contributed by atoms with E-state index in [-0.39, 0.29) is 24.7 Å². The van der Waals surface area contributed by atoms with Gasteiger partial charge < -0.3 is 15.7 Å². The van der Waals surface area contributed by atoms with Gasteiger partial charge in [0.2, 0.25) is 0 Å². The van der Waals surface area contributed by atoms with Crippen molar-refractivity contribution in [3.05, 3.63) is 35.4 Å². The number of benzene rings is 1. The van der Waals surface area contributed by atoms with Crippen LogP contribution in [0.25, 0.3) is 0 Å². The molecule has 3 N–H and O–H groups in total. The number of hydrogen-bond acceptors (Lipinski definition) is 3. The molecule has 0 bridgehead atoms. The second-order valence-electron chi connectivity index (χ2n) is 7.89. The smallest absolute Gasteiger partial charge is 0.317 e. The standard InChI is InChI=1S/C20H27N3O3/c1-2-23(11-18(24)25)14-8-13(9-14)22-20(26)21-10-17-16-7-12-5-3-4-6-15(12)19(16)17/h3-6,13-14,16-17,19H,2,7-11H2,1H3,(H,24,25)(H2,21,22,26). The van der Waals surface area contributed by atoms with Crippen LogP contribution in [-0.2, 0) is 11.2 Å². The van der Waals surface area contributed by atoms with Crippen LogP contribution in [0.1, 0.15) is 36.8 Å². The Labute approximate surface area is 153 Å². The first kappa shape index (κ1) is 17.3. The summed E-state index contributed by atoms with van der Waals surface area (Å²) in [4.78, 5) is 25.0. The monoisotopic (exact) mass is 357 g/mol. The van der Waals surface area contributed by atoms with E-state index in [2.05, 4.69) is 34.9 Å². The minimum absolute atomic E-state index is 0.0754. The highest BCUT2D eigenvalue weighted by Gasteiger charge is 2.55. The molecule has 2 saturated carbocycles. The Morgan fingerprint density at radius 3 is 2.77 bits per heavy atom. The summed E-state index contributed by atoms with van der Waals surface area (Å²) in [5.74, 6) is 1.12. The Hall–Kier alpha value is -2.08. The number of carboxylic acids is 1. The molecule has 0 radical (unpaired) electrons. The number of aliphatic carboxylic acids is 1. The Bertz CT molecular complexity index is 701. The van der Waals surface area contributed by atoms with Gasteiger partial charge in [-0.2, -0.15) is 0 Å². The zero-order chi connectivity index (χ0) is 18.3. The molecule has 1 aromatic carbocycles. The van der Waals surface area contributed by atoms with Crippen LogP contribution in [0.3, 0.4) is 0 Å². The van der Waals surface area contributed by atoms with Crippen LogP contribution in [0.2, 0.25) is 0 Å². The fraction of sp³-hybridized carbons (Fsp3) is 0.600. The summed E-state index contributed by atoms with van der Waals surface area (Å²) in [6.07, 6.45) is 2.81. The maximum absolute atomic E-state index is 12.1. The highest BCUT2D eigenvalue weighted by atomic mass is 16.4. The Morgan fingerprint density at radius 2 is 2.04 bits per heavy atom. The molecule has 0 aromatic heterocycles. The number of carbonyl (C=O) groups is 2. The second-order valence-corrected chi connectivity index (χ2v) is 7.89. The fourth-order valence-corrected chi connectivity index (χ4v) is 4.89. The molecule has 4 rings (SSSR count). The summed E-state index contributed by atoms with van der Waals surface area (Å²) in [6, 6.07) is 8.98. The number of urea groups is 1. The SMILES string of the molecule is CCN(CC(=O)O)C1CC(NC(=O)NCC2C3Cc4ccccc4C23)C1. The number of nitrogens with one attached hydrogen (secondary N) is 2. The highest BCUT2D eigenvalue weighted by Crippen LogP contribution is 2.60. The van der Waals surface area contributed by atoms with E-state index >= 15 is 0 Å². The first-order valence-corrected chi connectivity index (χ1v) is 9.64. The van der Waals surface area contributed by atoms with Crippen molar-refractivity contribution in [3.8, 4) is 0 Å². The predicted molar refractivity (Wildman–Crippen MR) is 98.1 cm³/mol. The molecule has 2 fully saturated rings. The second kappa shape index (κ2) is 6.91. The van der Waals surface area contributed by atoms with E-state index in [9.17, 15) is 9.59 Å². The minimum Gasteiger partial charge on any atom is -0.480 e. The van der Waals surface area contributed by atoms with Crippen LogP contribution in [0.15, 0.2) is 24.3 Å². The van der Waals surface area contributed by atoms with Gasteiger partial charge in [-0.1, -0.05) is 31.2 Å². The lowest BCUT2D eigenvalue weighted by atomic mass is 9.85. The van der Waals surface area contributed by atoms with Gasteiger partial charge in [0.25, 0.3) is 0 Å². The molecule has 0 aliphatic heterocycles. The average molecular weight is 357 g/mol. The summed E-state index contributed by atoms with van der Waals surface area (Å²) >= 11 is 0. The van der Waals surface area contributed by atoms with Crippen LogP contribution in [0, 0.1) is 11.8 Å². The third-order valence-electron chi connectivity index (χ3n) is 6.41. The molecule has 2 amide bonds. The molecule has 0 spiro atoms. The number of hydrogen-bond donors (Lipinski definition) is 3. The van der Waals surface area contributed by atoms with E-state index in [0.717, 1.165) is 32.4 Å². The largest absolute Gasteiger partial charge is 0.480 e. The lowest BCUT2D eigenvalue weighted by Gasteiger charge is -2.42. The first-order valence-electron chi connectivity index (χ1n) is 9.64. The van der Waals surface area contributed by atoms with Crippen molar-refractivity contribution in [2.45, 2.75) is 44.2 Å². The van der Waals surface area contributed by atoms with Crippen molar-refractivity contribution in [2.24, 2.45) is 11.8 Å². The Balaban J connectivity index is 1.16. The normalized spacial score (nSPS) is 30.9. The minimum atomic E-state index is -0.794. The fourth-order valence-electron chi connectivity index (χ4n) is 4.89. The number of fused-ring (bicyclic) bond motifs is 3. The van der Waals surface area contributed by atoms with Gasteiger partial charge in [0, 0.05) is 18.6 Å². The molecule has 3 aliphatic carbocycles. The van der Waals surface area contributed by atoms with E-state index in [1.807, 2.05) is 11.8 Å². The van der Waals surface area contributed by atoms with E-state index in [1.54, 1.807) is 0 Å². The van der Waals surface area contributed by atoms with Gasteiger partial charge in [-0.05, 0) is 54.7 Å². The summed E-state index contributed by atoms with van der Waals surface area (Å²) in [5, 5.41) is 15.0. The average Bonchev–Trinajstić information content (AvgIpc) is 3.12. The zero-order valence-electron chi connectivity index (χ0n) is 15.1. The molecule has 6 heteroatoms. The first-order chi connectivity index (χ1) is 12.6. The maximum atomic E-state index is 12.1. The van der Waals surface area contributed by atoms with Crippen molar-refractivity contribution >= 4 is 12.0 Å². The van der Waals surface area contributed by atoms with Crippen molar-refractivity contribution in [1.82, 2.24) is 15.5 Å². The summed E-state index contributed by atoms with van der Waals surface area (Å²) in [5.41, 5.74) is 2.95. The molecule has 3 unspecified atom stereocenters. The molecule has 3 aliphatic rings. The lowest BCUT2D eigenvalue weighted by Crippen LogP contribution is -2.56. The van der Waals surface area contributed by atoms with Gasteiger partial charge in [0.1, 0.15) is 0 Å². The van der Waals surface area contributed by atoms with Crippen LogP contribution in [-0.4, -0.2) is 53.7 Å². The van der Waals surface area contributed by atoms with Gasteiger partial charge in [0.15, 0.2) is 0 Å². The number of carboxylic acid groups (broad SMARTS) is 1. The molecule has 3 atom stereocenters. The van der Waals surface area contributed by atoms with Crippen molar-refractivity contribution < 1.29 is 14.7 Å². The molecule has 0 saturated heterocycles.